The molecule has 0 atom stereocenters. The highest BCUT2D eigenvalue weighted by Gasteiger charge is 2.21. The average Bonchev–Trinajstić information content (AvgIpc) is 2.59. The summed E-state index contributed by atoms with van der Waals surface area (Å²) in [6.07, 6.45) is 3.74. The van der Waals surface area contributed by atoms with Crippen LogP contribution in [0, 0.1) is 11.7 Å². The Labute approximate surface area is 143 Å². The van der Waals surface area contributed by atoms with Crippen molar-refractivity contribution < 1.29 is 9.18 Å². The van der Waals surface area contributed by atoms with Gasteiger partial charge in [-0.3, -0.25) is 9.69 Å². The van der Waals surface area contributed by atoms with Gasteiger partial charge in [0.1, 0.15) is 5.82 Å². The van der Waals surface area contributed by atoms with Gasteiger partial charge in [0.2, 0.25) is 0 Å². The van der Waals surface area contributed by atoms with Crippen molar-refractivity contribution in [2.75, 3.05) is 19.6 Å². The minimum absolute atomic E-state index is 0.175. The Hall–Kier alpha value is -2.00. The van der Waals surface area contributed by atoms with Crippen molar-refractivity contribution in [1.82, 2.24) is 4.90 Å². The maximum Gasteiger partial charge on any atom is 0.151 e. The minimum Gasteiger partial charge on any atom is -0.298 e. The molecule has 2 aromatic carbocycles. The first-order chi connectivity index (χ1) is 11.7. The molecule has 1 fully saturated rings. The van der Waals surface area contributed by atoms with E-state index in [9.17, 15) is 9.18 Å². The van der Waals surface area contributed by atoms with Crippen LogP contribution >= 0.6 is 0 Å². The molecule has 126 valence electrons. The molecule has 2 aromatic rings. The number of hydrogen-bond donors (Lipinski definition) is 0. The third-order valence-electron chi connectivity index (χ3n) is 4.79. The minimum atomic E-state index is -0.175. The number of benzene rings is 2. The summed E-state index contributed by atoms with van der Waals surface area (Å²) in [5, 5.41) is 0. The van der Waals surface area contributed by atoms with Crippen LogP contribution in [0.3, 0.4) is 0 Å². The number of piperidine rings is 1. The quantitative estimate of drug-likeness (QED) is 0.803. The molecule has 0 unspecified atom stereocenters. The maximum absolute atomic E-state index is 13.0. The number of likely N-dealkylation sites (tertiary alicyclic amines) is 1. The first-order valence-electron chi connectivity index (χ1n) is 8.71. The van der Waals surface area contributed by atoms with E-state index in [2.05, 4.69) is 4.90 Å². The van der Waals surface area contributed by atoms with Crippen molar-refractivity contribution in [3.8, 4) is 0 Å². The molecule has 0 amide bonds. The van der Waals surface area contributed by atoms with E-state index in [1.165, 1.54) is 17.7 Å². The normalized spacial score (nSPS) is 16.2. The highest BCUT2D eigenvalue weighted by molar-refractivity contribution is 5.82. The second-order valence-electron chi connectivity index (χ2n) is 6.75. The van der Waals surface area contributed by atoms with Crippen molar-refractivity contribution in [2.24, 2.45) is 5.92 Å². The molecular weight excluding hydrogens is 301 g/mol. The van der Waals surface area contributed by atoms with Crippen LogP contribution in [0.5, 0.6) is 0 Å². The summed E-state index contributed by atoms with van der Waals surface area (Å²) in [5.74, 6) is 0.750. The van der Waals surface area contributed by atoms with Crippen molar-refractivity contribution in [3.63, 3.8) is 0 Å². The zero-order valence-electron chi connectivity index (χ0n) is 14.0. The summed E-state index contributed by atoms with van der Waals surface area (Å²) in [6.45, 7) is 2.51. The molecule has 0 spiro atoms. The molecule has 3 rings (SSSR count). The predicted molar refractivity (Wildman–Crippen MR) is 94.4 cm³/mol. The number of hydrogen-bond acceptors (Lipinski definition) is 2. The van der Waals surface area contributed by atoms with Gasteiger partial charge in [0, 0.05) is 6.42 Å². The summed E-state index contributed by atoms with van der Waals surface area (Å²) in [7, 11) is 0. The molecule has 1 heterocycles. The second kappa shape index (κ2) is 8.20. The van der Waals surface area contributed by atoms with Crippen LogP contribution in [0.15, 0.2) is 54.6 Å². The number of halogens is 1. The molecule has 0 radical (unpaired) electrons. The van der Waals surface area contributed by atoms with Crippen LogP contribution in [0.4, 0.5) is 4.39 Å². The SMILES string of the molecule is O=C(Cc1ccccc1)CN1CCC(Cc2ccc(F)cc2)CC1. The van der Waals surface area contributed by atoms with E-state index in [4.69, 9.17) is 0 Å². The third-order valence-corrected chi connectivity index (χ3v) is 4.79. The van der Waals surface area contributed by atoms with Crippen LogP contribution in [0.1, 0.15) is 24.0 Å². The molecule has 1 aliphatic rings. The van der Waals surface area contributed by atoms with Crippen molar-refractivity contribution in [1.29, 1.82) is 0 Å². The third kappa shape index (κ3) is 5.00. The van der Waals surface area contributed by atoms with E-state index in [1.807, 2.05) is 42.5 Å². The van der Waals surface area contributed by atoms with Crippen LogP contribution in [-0.2, 0) is 17.6 Å². The number of carbonyl (C=O) groups excluding carboxylic acids is 1. The fourth-order valence-corrected chi connectivity index (χ4v) is 3.43. The maximum atomic E-state index is 13.0. The standard InChI is InChI=1S/C21H24FNO/c22-20-8-6-18(7-9-20)14-19-10-12-23(13-11-19)16-21(24)15-17-4-2-1-3-5-17/h1-9,19H,10-16H2. The van der Waals surface area contributed by atoms with Crippen LogP contribution in [-0.4, -0.2) is 30.3 Å². The van der Waals surface area contributed by atoms with Gasteiger partial charge in [0.05, 0.1) is 6.54 Å². The Balaban J connectivity index is 1.41. The lowest BCUT2D eigenvalue weighted by Crippen LogP contribution is -2.38. The zero-order valence-corrected chi connectivity index (χ0v) is 14.0. The molecule has 0 aromatic heterocycles. The molecule has 0 saturated carbocycles. The van der Waals surface area contributed by atoms with E-state index in [0.29, 0.717) is 18.9 Å². The van der Waals surface area contributed by atoms with Crippen LogP contribution < -0.4 is 0 Å². The smallest absolute Gasteiger partial charge is 0.151 e. The zero-order chi connectivity index (χ0) is 16.8. The molecule has 1 saturated heterocycles. The van der Waals surface area contributed by atoms with Gasteiger partial charge in [-0.1, -0.05) is 42.5 Å². The highest BCUT2D eigenvalue weighted by Crippen LogP contribution is 2.22. The first-order valence-corrected chi connectivity index (χ1v) is 8.71. The van der Waals surface area contributed by atoms with E-state index in [0.717, 1.165) is 37.9 Å². The van der Waals surface area contributed by atoms with E-state index >= 15 is 0 Å². The van der Waals surface area contributed by atoms with E-state index in [1.54, 1.807) is 0 Å². The van der Waals surface area contributed by atoms with E-state index < -0.39 is 0 Å². The molecule has 0 aliphatic carbocycles. The number of carbonyl (C=O) groups is 1. The number of rotatable bonds is 6. The highest BCUT2D eigenvalue weighted by atomic mass is 19.1. The summed E-state index contributed by atoms with van der Waals surface area (Å²) in [5.41, 5.74) is 2.30. The second-order valence-corrected chi connectivity index (χ2v) is 6.75. The van der Waals surface area contributed by atoms with Gasteiger partial charge in [-0.05, 0) is 61.5 Å². The summed E-state index contributed by atoms with van der Waals surface area (Å²) in [6, 6.07) is 16.8. The molecule has 24 heavy (non-hydrogen) atoms. The van der Waals surface area contributed by atoms with Gasteiger partial charge in [-0.15, -0.1) is 0 Å². The van der Waals surface area contributed by atoms with Gasteiger partial charge in [0.15, 0.2) is 5.78 Å². The Morgan fingerprint density at radius 3 is 2.29 bits per heavy atom. The summed E-state index contributed by atoms with van der Waals surface area (Å²) >= 11 is 0. The number of nitrogens with zero attached hydrogens (tertiary/aromatic N) is 1. The Morgan fingerprint density at radius 1 is 0.958 bits per heavy atom. The lowest BCUT2D eigenvalue weighted by molar-refractivity contribution is -0.119. The van der Waals surface area contributed by atoms with Gasteiger partial charge < -0.3 is 0 Å². The van der Waals surface area contributed by atoms with E-state index in [-0.39, 0.29) is 11.6 Å². The van der Waals surface area contributed by atoms with Gasteiger partial charge in [-0.25, -0.2) is 4.39 Å². The lowest BCUT2D eigenvalue weighted by Gasteiger charge is -2.31. The number of Topliss-reactive ketones (excluding diaryl/α,β-unsaturated/α-hetero) is 1. The fourth-order valence-electron chi connectivity index (χ4n) is 3.43. The molecule has 3 heteroatoms. The van der Waals surface area contributed by atoms with Gasteiger partial charge >= 0.3 is 0 Å². The first kappa shape index (κ1) is 16.8. The molecule has 0 bridgehead atoms. The van der Waals surface area contributed by atoms with Crippen molar-refractivity contribution in [3.05, 3.63) is 71.5 Å². The topological polar surface area (TPSA) is 20.3 Å². The fraction of sp³-hybridized carbons (Fsp3) is 0.381. The summed E-state index contributed by atoms with van der Waals surface area (Å²) < 4.78 is 13.0. The molecule has 1 aliphatic heterocycles. The van der Waals surface area contributed by atoms with Crippen LogP contribution in [0.25, 0.3) is 0 Å². The van der Waals surface area contributed by atoms with Crippen molar-refractivity contribution >= 4 is 5.78 Å². The largest absolute Gasteiger partial charge is 0.298 e. The Morgan fingerprint density at radius 2 is 1.62 bits per heavy atom. The number of ketones is 1. The lowest BCUT2D eigenvalue weighted by atomic mass is 9.90. The molecular formula is C21H24FNO. The molecule has 2 nitrogen and oxygen atoms in total. The Bertz CT molecular complexity index is 645. The Kier molecular flexibility index (Phi) is 5.76. The summed E-state index contributed by atoms with van der Waals surface area (Å²) in [4.78, 5) is 14.5. The monoisotopic (exact) mass is 325 g/mol. The van der Waals surface area contributed by atoms with Gasteiger partial charge in [0.25, 0.3) is 0 Å². The predicted octanol–water partition coefficient (Wildman–Crippen LogP) is 3.89. The molecule has 0 N–H and O–H groups in total. The van der Waals surface area contributed by atoms with Gasteiger partial charge in [-0.2, -0.15) is 0 Å². The van der Waals surface area contributed by atoms with Crippen molar-refractivity contribution in [2.45, 2.75) is 25.7 Å². The average molecular weight is 325 g/mol. The van der Waals surface area contributed by atoms with Crippen LogP contribution in [0.2, 0.25) is 0 Å².